The van der Waals surface area contributed by atoms with E-state index in [9.17, 15) is 0 Å². The van der Waals surface area contributed by atoms with Gasteiger partial charge in [-0.15, -0.1) is 12.4 Å². The van der Waals surface area contributed by atoms with E-state index < -0.39 is 0 Å². The lowest BCUT2D eigenvalue weighted by Gasteiger charge is -2.27. The fourth-order valence-corrected chi connectivity index (χ4v) is 2.63. The van der Waals surface area contributed by atoms with Gasteiger partial charge >= 0.3 is 0 Å². The smallest absolute Gasteiger partial charge is 0.00175 e. The van der Waals surface area contributed by atoms with Crippen LogP contribution in [0.4, 0.5) is 0 Å². The molecular weight excluding hydrogens is 242 g/mol. The molecule has 0 amide bonds. The predicted octanol–water partition coefficient (Wildman–Crippen LogP) is 3.98. The minimum absolute atomic E-state index is 0. The fraction of sp³-hybridized carbons (Fsp3) is 0.500. The summed E-state index contributed by atoms with van der Waals surface area (Å²) in [6.07, 6.45) is 6.01. The van der Waals surface area contributed by atoms with E-state index in [2.05, 4.69) is 56.4 Å². The van der Waals surface area contributed by atoms with Gasteiger partial charge in [-0.05, 0) is 61.9 Å². The number of piperidine rings is 1. The number of allylic oxidation sites excluding steroid dienone is 1. The van der Waals surface area contributed by atoms with Crippen LogP contribution in [-0.4, -0.2) is 13.1 Å². The monoisotopic (exact) mass is 265 g/mol. The van der Waals surface area contributed by atoms with E-state index in [-0.39, 0.29) is 12.4 Å². The summed E-state index contributed by atoms with van der Waals surface area (Å²) in [6, 6.07) is 6.52. The molecule has 0 saturated carbocycles. The first-order chi connectivity index (χ1) is 8.18. The maximum absolute atomic E-state index is 3.45. The Balaban J connectivity index is 0.00000162. The van der Waals surface area contributed by atoms with Gasteiger partial charge in [0.2, 0.25) is 0 Å². The average molecular weight is 266 g/mol. The summed E-state index contributed by atoms with van der Waals surface area (Å²) in [6.45, 7) is 9.04. The number of nitrogens with one attached hydrogen (secondary N) is 1. The summed E-state index contributed by atoms with van der Waals surface area (Å²) >= 11 is 0. The standard InChI is InChI=1S/C16H23N.ClH/c1-12-5-4-6-13(2)16(12)8-7-15-9-10-17-11-14(15)3;/h4-8,14-15,17H,9-11H2,1-3H3;1H. The molecule has 0 aliphatic carbocycles. The van der Waals surface area contributed by atoms with Crippen LogP contribution in [0.5, 0.6) is 0 Å². The van der Waals surface area contributed by atoms with Crippen molar-refractivity contribution in [1.82, 2.24) is 5.32 Å². The molecule has 0 bridgehead atoms. The second-order valence-corrected chi connectivity index (χ2v) is 5.30. The highest BCUT2D eigenvalue weighted by Gasteiger charge is 2.18. The topological polar surface area (TPSA) is 12.0 Å². The molecule has 1 aliphatic rings. The maximum Gasteiger partial charge on any atom is -0.00175 e. The number of benzene rings is 1. The highest BCUT2D eigenvalue weighted by atomic mass is 35.5. The molecule has 1 heterocycles. The van der Waals surface area contributed by atoms with Crippen LogP contribution < -0.4 is 5.32 Å². The van der Waals surface area contributed by atoms with Crippen molar-refractivity contribution in [3.05, 3.63) is 41.0 Å². The highest BCUT2D eigenvalue weighted by molar-refractivity contribution is 5.85. The van der Waals surface area contributed by atoms with Gasteiger partial charge in [0.05, 0.1) is 0 Å². The Morgan fingerprint density at radius 2 is 1.89 bits per heavy atom. The molecule has 100 valence electrons. The summed E-state index contributed by atoms with van der Waals surface area (Å²) in [5, 5.41) is 3.45. The molecule has 2 rings (SSSR count). The zero-order valence-corrected chi connectivity index (χ0v) is 12.4. The number of halogens is 1. The quantitative estimate of drug-likeness (QED) is 0.853. The van der Waals surface area contributed by atoms with Crippen LogP contribution in [-0.2, 0) is 0 Å². The van der Waals surface area contributed by atoms with Crippen LogP contribution in [0.15, 0.2) is 24.3 Å². The highest BCUT2D eigenvalue weighted by Crippen LogP contribution is 2.23. The molecule has 18 heavy (non-hydrogen) atoms. The summed E-state index contributed by atoms with van der Waals surface area (Å²) in [5.41, 5.74) is 4.16. The van der Waals surface area contributed by atoms with E-state index in [1.165, 1.54) is 23.1 Å². The number of aryl methyl sites for hydroxylation is 2. The molecule has 2 unspecified atom stereocenters. The van der Waals surface area contributed by atoms with Gasteiger partial charge in [-0.3, -0.25) is 0 Å². The normalized spacial score (nSPS) is 23.9. The van der Waals surface area contributed by atoms with E-state index in [4.69, 9.17) is 0 Å². The minimum atomic E-state index is 0. The Morgan fingerprint density at radius 3 is 2.50 bits per heavy atom. The van der Waals surface area contributed by atoms with E-state index in [1.807, 2.05) is 0 Å². The van der Waals surface area contributed by atoms with E-state index in [0.717, 1.165) is 24.9 Å². The lowest BCUT2D eigenvalue weighted by Crippen LogP contribution is -2.34. The lowest BCUT2D eigenvalue weighted by atomic mass is 9.87. The Bertz CT molecular complexity index is 391. The van der Waals surface area contributed by atoms with Crippen molar-refractivity contribution in [3.63, 3.8) is 0 Å². The fourth-order valence-electron chi connectivity index (χ4n) is 2.63. The third-order valence-electron chi connectivity index (χ3n) is 3.90. The summed E-state index contributed by atoms with van der Waals surface area (Å²) < 4.78 is 0. The Kier molecular flexibility index (Phi) is 5.90. The van der Waals surface area contributed by atoms with Gasteiger partial charge in [0, 0.05) is 0 Å². The summed E-state index contributed by atoms with van der Waals surface area (Å²) in [7, 11) is 0. The first kappa shape index (κ1) is 15.3. The summed E-state index contributed by atoms with van der Waals surface area (Å²) in [5.74, 6) is 1.49. The zero-order chi connectivity index (χ0) is 12.3. The largest absolute Gasteiger partial charge is 0.316 e. The predicted molar refractivity (Wildman–Crippen MR) is 82.3 cm³/mol. The maximum atomic E-state index is 3.45. The third-order valence-corrected chi connectivity index (χ3v) is 3.90. The van der Waals surface area contributed by atoms with Crippen LogP contribution >= 0.6 is 12.4 Å². The molecule has 1 saturated heterocycles. The van der Waals surface area contributed by atoms with Crippen LogP contribution in [0.2, 0.25) is 0 Å². The first-order valence-corrected chi connectivity index (χ1v) is 6.63. The molecule has 0 radical (unpaired) electrons. The second-order valence-electron chi connectivity index (χ2n) is 5.30. The van der Waals surface area contributed by atoms with Gasteiger partial charge in [-0.1, -0.05) is 37.3 Å². The number of rotatable bonds is 2. The van der Waals surface area contributed by atoms with E-state index >= 15 is 0 Å². The SMILES string of the molecule is Cc1cccc(C)c1C=CC1CCNCC1C.Cl. The third kappa shape index (κ3) is 3.60. The van der Waals surface area contributed by atoms with E-state index in [0.29, 0.717) is 0 Å². The van der Waals surface area contributed by atoms with Gasteiger partial charge in [-0.25, -0.2) is 0 Å². The van der Waals surface area contributed by atoms with Crippen molar-refractivity contribution in [2.24, 2.45) is 11.8 Å². The van der Waals surface area contributed by atoms with Gasteiger partial charge < -0.3 is 5.32 Å². The Morgan fingerprint density at radius 1 is 1.22 bits per heavy atom. The molecule has 1 fully saturated rings. The summed E-state index contributed by atoms with van der Waals surface area (Å²) in [4.78, 5) is 0. The zero-order valence-electron chi connectivity index (χ0n) is 11.6. The molecule has 0 spiro atoms. The van der Waals surface area contributed by atoms with Crippen molar-refractivity contribution >= 4 is 18.5 Å². The van der Waals surface area contributed by atoms with Gasteiger partial charge in [-0.2, -0.15) is 0 Å². The molecule has 1 N–H and O–H groups in total. The average Bonchev–Trinajstić information content (AvgIpc) is 2.30. The van der Waals surface area contributed by atoms with Crippen molar-refractivity contribution in [1.29, 1.82) is 0 Å². The Hall–Kier alpha value is -0.790. The molecule has 1 aromatic rings. The lowest BCUT2D eigenvalue weighted by molar-refractivity contribution is 0.326. The van der Waals surface area contributed by atoms with Crippen molar-refractivity contribution < 1.29 is 0 Å². The first-order valence-electron chi connectivity index (χ1n) is 6.63. The number of hydrogen-bond acceptors (Lipinski definition) is 1. The molecule has 1 aromatic carbocycles. The van der Waals surface area contributed by atoms with Crippen LogP contribution in [0.25, 0.3) is 6.08 Å². The number of hydrogen-bond donors (Lipinski definition) is 1. The molecule has 0 aromatic heterocycles. The minimum Gasteiger partial charge on any atom is -0.316 e. The van der Waals surface area contributed by atoms with Crippen molar-refractivity contribution in [3.8, 4) is 0 Å². The van der Waals surface area contributed by atoms with E-state index in [1.54, 1.807) is 0 Å². The molecule has 1 aliphatic heterocycles. The molecule has 2 heteroatoms. The van der Waals surface area contributed by atoms with Crippen LogP contribution in [0.3, 0.4) is 0 Å². The van der Waals surface area contributed by atoms with Crippen LogP contribution in [0.1, 0.15) is 30.0 Å². The van der Waals surface area contributed by atoms with Crippen molar-refractivity contribution in [2.75, 3.05) is 13.1 Å². The molecular formula is C16H24ClN. The van der Waals surface area contributed by atoms with Crippen LogP contribution in [0, 0.1) is 25.7 Å². The van der Waals surface area contributed by atoms with Gasteiger partial charge in [0.1, 0.15) is 0 Å². The van der Waals surface area contributed by atoms with Gasteiger partial charge in [0.15, 0.2) is 0 Å². The Labute approximate surface area is 117 Å². The second kappa shape index (κ2) is 6.96. The molecule has 1 nitrogen and oxygen atoms in total. The molecule has 2 atom stereocenters. The van der Waals surface area contributed by atoms with Gasteiger partial charge in [0.25, 0.3) is 0 Å². The van der Waals surface area contributed by atoms with Crippen molar-refractivity contribution in [2.45, 2.75) is 27.2 Å².